The van der Waals surface area contributed by atoms with Crippen molar-refractivity contribution in [3.05, 3.63) is 77.9 Å². The molecule has 2 aliphatic rings. The normalized spacial score (nSPS) is 14.9. The predicted octanol–water partition coefficient (Wildman–Crippen LogP) is 5.41. The Morgan fingerprint density at radius 3 is 2.40 bits per heavy atom. The first-order valence-electron chi connectivity index (χ1n) is 9.79. The predicted molar refractivity (Wildman–Crippen MR) is 123 cm³/mol. The Hall–Kier alpha value is -3.51. The largest absolute Gasteiger partial charge is 0.494 e. The highest BCUT2D eigenvalue weighted by Crippen LogP contribution is 2.39. The van der Waals surface area contributed by atoms with Gasteiger partial charge in [-0.3, -0.25) is 5.41 Å². The topological polar surface area (TPSA) is 56.6 Å². The van der Waals surface area contributed by atoms with Crippen molar-refractivity contribution in [3.8, 4) is 16.9 Å². The molecule has 1 N–H and O–H groups in total. The number of nitrogens with one attached hydrogen (secondary N) is 1. The van der Waals surface area contributed by atoms with Gasteiger partial charge in [-0.05, 0) is 72.0 Å². The number of amidine groups is 1. The number of fused-ring (bicyclic) bond motifs is 3. The molecule has 0 atom stereocenters. The van der Waals surface area contributed by atoms with Crippen LogP contribution in [0.3, 0.4) is 0 Å². The standard InChI is InChI=1S/C24H19N3O2S/c1-2-29-19-10-7-17(8-11-19)27-23(30)22(25)26(24(27)28)18-9-12-21-16(14-18)13-15-5-3-4-6-20(15)21/h3-12,14,25H,2,13H2,1H3. The summed E-state index contributed by atoms with van der Waals surface area (Å²) in [5.74, 6) is 0.739. The molecule has 1 heterocycles. The Balaban J connectivity index is 1.47. The van der Waals surface area contributed by atoms with Gasteiger partial charge >= 0.3 is 6.03 Å². The molecule has 1 aliphatic carbocycles. The first-order valence-corrected chi connectivity index (χ1v) is 10.2. The van der Waals surface area contributed by atoms with E-state index in [2.05, 4.69) is 12.1 Å². The van der Waals surface area contributed by atoms with Crippen LogP contribution in [0.25, 0.3) is 11.1 Å². The Bertz CT molecular complexity index is 1200. The van der Waals surface area contributed by atoms with E-state index in [0.717, 1.165) is 17.7 Å². The summed E-state index contributed by atoms with van der Waals surface area (Å²) >= 11 is 5.45. The fourth-order valence-electron chi connectivity index (χ4n) is 4.08. The van der Waals surface area contributed by atoms with Gasteiger partial charge in [0.15, 0.2) is 10.8 Å². The van der Waals surface area contributed by atoms with Gasteiger partial charge in [-0.1, -0.05) is 42.5 Å². The number of ether oxygens (including phenoxy) is 1. The van der Waals surface area contributed by atoms with E-state index >= 15 is 0 Å². The first kappa shape index (κ1) is 18.5. The number of benzene rings is 3. The van der Waals surface area contributed by atoms with Crippen LogP contribution in [0.1, 0.15) is 18.1 Å². The quantitative estimate of drug-likeness (QED) is 0.455. The molecule has 5 nitrogen and oxygen atoms in total. The lowest BCUT2D eigenvalue weighted by Gasteiger charge is -2.18. The van der Waals surface area contributed by atoms with E-state index in [1.54, 1.807) is 24.3 Å². The summed E-state index contributed by atoms with van der Waals surface area (Å²) in [7, 11) is 0. The van der Waals surface area contributed by atoms with Crippen molar-refractivity contribution in [1.29, 1.82) is 5.41 Å². The van der Waals surface area contributed by atoms with Gasteiger partial charge < -0.3 is 4.74 Å². The van der Waals surface area contributed by atoms with Gasteiger partial charge in [0, 0.05) is 0 Å². The number of nitrogens with zero attached hydrogens (tertiary/aromatic N) is 2. The molecule has 0 bridgehead atoms. The molecular formula is C24H19N3O2S. The highest BCUT2D eigenvalue weighted by Gasteiger charge is 2.40. The minimum atomic E-state index is -0.343. The summed E-state index contributed by atoms with van der Waals surface area (Å²) in [4.78, 5) is 16.2. The minimum absolute atomic E-state index is 0.0133. The van der Waals surface area contributed by atoms with Crippen LogP contribution in [0.15, 0.2) is 66.7 Å². The Kier molecular flexibility index (Phi) is 4.37. The van der Waals surface area contributed by atoms with E-state index in [1.807, 2.05) is 37.3 Å². The zero-order chi connectivity index (χ0) is 20.8. The van der Waals surface area contributed by atoms with Gasteiger partial charge in [0.2, 0.25) is 0 Å². The number of amides is 2. The number of anilines is 2. The molecule has 3 aromatic carbocycles. The smallest absolute Gasteiger partial charge is 0.340 e. The number of carbonyl (C=O) groups excluding carboxylic acids is 1. The zero-order valence-corrected chi connectivity index (χ0v) is 17.2. The molecule has 0 unspecified atom stereocenters. The molecule has 30 heavy (non-hydrogen) atoms. The summed E-state index contributed by atoms with van der Waals surface area (Å²) in [5.41, 5.74) is 6.12. The Morgan fingerprint density at radius 1 is 0.933 bits per heavy atom. The summed E-state index contributed by atoms with van der Waals surface area (Å²) in [6, 6.07) is 21.0. The van der Waals surface area contributed by atoms with E-state index in [9.17, 15) is 4.79 Å². The summed E-state index contributed by atoms with van der Waals surface area (Å²) in [6.45, 7) is 2.49. The van der Waals surface area contributed by atoms with Crippen LogP contribution >= 0.6 is 12.2 Å². The van der Waals surface area contributed by atoms with Gasteiger partial charge in [0.1, 0.15) is 5.75 Å². The van der Waals surface area contributed by atoms with Gasteiger partial charge in [-0.25, -0.2) is 14.6 Å². The maximum atomic E-state index is 13.2. The van der Waals surface area contributed by atoms with Crippen molar-refractivity contribution in [1.82, 2.24) is 0 Å². The van der Waals surface area contributed by atoms with E-state index in [4.69, 9.17) is 22.4 Å². The molecule has 0 spiro atoms. The second-order valence-electron chi connectivity index (χ2n) is 7.21. The van der Waals surface area contributed by atoms with E-state index in [0.29, 0.717) is 18.0 Å². The van der Waals surface area contributed by atoms with E-state index in [-0.39, 0.29) is 16.9 Å². The lowest BCUT2D eigenvalue weighted by Crippen LogP contribution is -2.33. The van der Waals surface area contributed by atoms with Gasteiger partial charge in [0.05, 0.1) is 18.0 Å². The molecule has 1 aliphatic heterocycles. The molecule has 2 amide bonds. The molecule has 1 fully saturated rings. The summed E-state index contributed by atoms with van der Waals surface area (Å²) < 4.78 is 5.47. The molecule has 0 aromatic heterocycles. The number of hydrogen-bond donors (Lipinski definition) is 1. The van der Waals surface area contributed by atoms with Crippen LogP contribution in [0, 0.1) is 5.41 Å². The van der Waals surface area contributed by atoms with Crippen LogP contribution in [0.4, 0.5) is 16.2 Å². The Labute approximate surface area is 180 Å². The molecular weight excluding hydrogens is 394 g/mol. The highest BCUT2D eigenvalue weighted by molar-refractivity contribution is 7.82. The van der Waals surface area contributed by atoms with Crippen molar-refractivity contribution in [2.45, 2.75) is 13.3 Å². The van der Waals surface area contributed by atoms with Crippen LogP contribution < -0.4 is 14.5 Å². The molecule has 6 heteroatoms. The molecule has 1 saturated heterocycles. The molecule has 0 saturated carbocycles. The highest BCUT2D eigenvalue weighted by atomic mass is 32.1. The number of thiocarbonyl (C=S) groups is 1. The minimum Gasteiger partial charge on any atom is -0.494 e. The number of hydrogen-bond acceptors (Lipinski definition) is 4. The Morgan fingerprint density at radius 2 is 1.63 bits per heavy atom. The third kappa shape index (κ3) is 2.80. The molecule has 148 valence electrons. The first-order chi connectivity index (χ1) is 14.6. The van der Waals surface area contributed by atoms with Crippen molar-refractivity contribution < 1.29 is 9.53 Å². The maximum Gasteiger partial charge on any atom is 0.340 e. The number of carbonyl (C=O) groups is 1. The average Bonchev–Trinajstić information content (AvgIpc) is 3.23. The van der Waals surface area contributed by atoms with Gasteiger partial charge in [-0.2, -0.15) is 0 Å². The molecule has 3 aromatic rings. The van der Waals surface area contributed by atoms with E-state index in [1.165, 1.54) is 26.5 Å². The monoisotopic (exact) mass is 413 g/mol. The van der Waals surface area contributed by atoms with Crippen molar-refractivity contribution >= 4 is 40.4 Å². The van der Waals surface area contributed by atoms with Crippen LogP contribution in [0.2, 0.25) is 0 Å². The fraction of sp³-hybridized carbons (Fsp3) is 0.125. The zero-order valence-electron chi connectivity index (χ0n) is 16.4. The third-order valence-corrected chi connectivity index (χ3v) is 5.83. The molecule has 0 radical (unpaired) electrons. The lowest BCUT2D eigenvalue weighted by molar-refractivity contribution is 0.257. The number of rotatable bonds is 4. The van der Waals surface area contributed by atoms with Crippen LogP contribution in [0.5, 0.6) is 5.75 Å². The van der Waals surface area contributed by atoms with E-state index < -0.39 is 0 Å². The number of urea groups is 1. The molecule has 5 rings (SSSR count). The van der Waals surface area contributed by atoms with Gasteiger partial charge in [0.25, 0.3) is 0 Å². The SMILES string of the molecule is CCOc1ccc(N2C(=O)N(c3ccc4c(c3)Cc3ccccc3-4)C(=N)C2=S)cc1. The fourth-order valence-corrected chi connectivity index (χ4v) is 4.35. The maximum absolute atomic E-state index is 13.2. The second-order valence-corrected chi connectivity index (χ2v) is 7.60. The van der Waals surface area contributed by atoms with Crippen molar-refractivity contribution in [2.24, 2.45) is 0 Å². The van der Waals surface area contributed by atoms with Crippen molar-refractivity contribution in [3.63, 3.8) is 0 Å². The van der Waals surface area contributed by atoms with Crippen molar-refractivity contribution in [2.75, 3.05) is 16.4 Å². The average molecular weight is 414 g/mol. The second kappa shape index (κ2) is 7.07. The summed E-state index contributed by atoms with van der Waals surface area (Å²) in [5, 5.41) is 8.49. The third-order valence-electron chi connectivity index (χ3n) is 5.45. The lowest BCUT2D eigenvalue weighted by atomic mass is 10.1. The van der Waals surface area contributed by atoms with Gasteiger partial charge in [-0.15, -0.1) is 0 Å². The van der Waals surface area contributed by atoms with Crippen LogP contribution in [-0.4, -0.2) is 23.5 Å². The van der Waals surface area contributed by atoms with Crippen LogP contribution in [-0.2, 0) is 6.42 Å². The summed E-state index contributed by atoms with van der Waals surface area (Å²) in [6.07, 6.45) is 0.821.